The van der Waals surface area contributed by atoms with Crippen molar-refractivity contribution in [2.45, 2.75) is 33.9 Å². The van der Waals surface area contributed by atoms with Crippen LogP contribution >= 0.6 is 0 Å². The predicted molar refractivity (Wildman–Crippen MR) is 83.2 cm³/mol. The van der Waals surface area contributed by atoms with Crippen molar-refractivity contribution in [2.75, 3.05) is 13.1 Å². The van der Waals surface area contributed by atoms with E-state index in [1.54, 1.807) is 6.92 Å². The first-order chi connectivity index (χ1) is 10.1. The number of hydrogen-bond acceptors (Lipinski definition) is 3. The van der Waals surface area contributed by atoms with Crippen LogP contribution < -0.4 is 0 Å². The van der Waals surface area contributed by atoms with E-state index in [0.717, 1.165) is 29.7 Å². The van der Waals surface area contributed by atoms with E-state index in [1.165, 1.54) is 0 Å². The minimum atomic E-state index is -0.752. The largest absolute Gasteiger partial charge is 0.481 e. The Morgan fingerprint density at radius 2 is 2.10 bits per heavy atom. The molecule has 0 fully saturated rings. The molecule has 114 valence electrons. The maximum atomic E-state index is 11.0. The third-order valence-electron chi connectivity index (χ3n) is 3.81. The highest BCUT2D eigenvalue weighted by molar-refractivity contribution is 5.81. The van der Waals surface area contributed by atoms with E-state index in [0.29, 0.717) is 13.1 Å². The monoisotopic (exact) mass is 289 g/mol. The fourth-order valence-electron chi connectivity index (χ4n) is 2.54. The number of nitrogens with zero attached hydrogens (tertiary/aromatic N) is 3. The number of carbonyl (C=O) groups is 1. The molecule has 0 aliphatic carbocycles. The Morgan fingerprint density at radius 1 is 1.38 bits per heavy atom. The van der Waals surface area contributed by atoms with Crippen molar-refractivity contribution < 1.29 is 9.90 Å². The number of carboxylic acid groups (broad SMARTS) is 1. The quantitative estimate of drug-likeness (QED) is 0.851. The second-order valence-corrected chi connectivity index (χ2v) is 5.35. The van der Waals surface area contributed by atoms with Crippen LogP contribution in [0.25, 0.3) is 10.9 Å². The van der Waals surface area contributed by atoms with Crippen LogP contribution in [0.15, 0.2) is 24.3 Å². The van der Waals surface area contributed by atoms with Gasteiger partial charge in [-0.2, -0.15) is 5.10 Å². The first-order valence-electron chi connectivity index (χ1n) is 7.46. The molecule has 2 aromatic rings. The van der Waals surface area contributed by atoms with Crippen molar-refractivity contribution in [1.29, 1.82) is 0 Å². The first-order valence-corrected chi connectivity index (χ1v) is 7.46. The molecule has 1 aromatic heterocycles. The molecule has 21 heavy (non-hydrogen) atoms. The standard InChI is InChI=1S/C16H23N3O2/c1-4-18(10-12(3)16(20)21)11-14-13-8-6-7-9-15(13)19(5-2)17-14/h6-9,12H,4-5,10-11H2,1-3H3,(H,20,21). The molecule has 1 unspecified atom stereocenters. The summed E-state index contributed by atoms with van der Waals surface area (Å²) in [5.41, 5.74) is 2.16. The third kappa shape index (κ3) is 3.42. The summed E-state index contributed by atoms with van der Waals surface area (Å²) in [6.07, 6.45) is 0. The van der Waals surface area contributed by atoms with Crippen LogP contribution in [-0.2, 0) is 17.9 Å². The molecule has 5 nitrogen and oxygen atoms in total. The van der Waals surface area contributed by atoms with Crippen LogP contribution in [0.2, 0.25) is 0 Å². The number of carboxylic acids is 1. The smallest absolute Gasteiger partial charge is 0.307 e. The summed E-state index contributed by atoms with van der Waals surface area (Å²) in [4.78, 5) is 13.2. The molecular formula is C16H23N3O2. The van der Waals surface area contributed by atoms with E-state index in [4.69, 9.17) is 5.11 Å². The molecule has 1 atom stereocenters. The fourth-order valence-corrected chi connectivity index (χ4v) is 2.54. The minimum Gasteiger partial charge on any atom is -0.481 e. The Morgan fingerprint density at radius 3 is 2.71 bits per heavy atom. The SMILES string of the molecule is CCN(Cc1nn(CC)c2ccccc12)CC(C)C(=O)O. The molecule has 0 aliphatic rings. The summed E-state index contributed by atoms with van der Waals surface area (Å²) < 4.78 is 2.00. The van der Waals surface area contributed by atoms with Crippen molar-refractivity contribution >= 4 is 16.9 Å². The molecule has 0 saturated heterocycles. The van der Waals surface area contributed by atoms with Crippen LogP contribution in [0.3, 0.4) is 0 Å². The second-order valence-electron chi connectivity index (χ2n) is 5.35. The van der Waals surface area contributed by atoms with Crippen LogP contribution in [0.4, 0.5) is 0 Å². The normalized spacial score (nSPS) is 13.0. The van der Waals surface area contributed by atoms with E-state index in [9.17, 15) is 4.79 Å². The van der Waals surface area contributed by atoms with Crippen molar-refractivity contribution in [1.82, 2.24) is 14.7 Å². The molecule has 0 spiro atoms. The van der Waals surface area contributed by atoms with Crippen LogP contribution in [0, 0.1) is 5.92 Å². The molecule has 0 amide bonds. The summed E-state index contributed by atoms with van der Waals surface area (Å²) in [5, 5.41) is 14.9. The van der Waals surface area contributed by atoms with Gasteiger partial charge in [0, 0.05) is 25.0 Å². The van der Waals surface area contributed by atoms with E-state index in [1.807, 2.05) is 23.7 Å². The third-order valence-corrected chi connectivity index (χ3v) is 3.81. The maximum Gasteiger partial charge on any atom is 0.307 e. The Labute approximate surface area is 125 Å². The molecule has 5 heteroatoms. The van der Waals surface area contributed by atoms with Gasteiger partial charge in [0.2, 0.25) is 0 Å². The first kappa shape index (κ1) is 15.5. The van der Waals surface area contributed by atoms with Crippen LogP contribution in [0.1, 0.15) is 26.5 Å². The number of hydrogen-bond donors (Lipinski definition) is 1. The van der Waals surface area contributed by atoms with Crippen molar-refractivity contribution in [2.24, 2.45) is 5.92 Å². The summed E-state index contributed by atoms with van der Waals surface area (Å²) in [5.74, 6) is -1.12. The van der Waals surface area contributed by atoms with Crippen molar-refractivity contribution in [3.8, 4) is 0 Å². The van der Waals surface area contributed by atoms with Crippen LogP contribution in [-0.4, -0.2) is 38.8 Å². The van der Waals surface area contributed by atoms with Crippen LogP contribution in [0.5, 0.6) is 0 Å². The van der Waals surface area contributed by atoms with Gasteiger partial charge in [-0.3, -0.25) is 14.4 Å². The summed E-state index contributed by atoms with van der Waals surface area (Å²) >= 11 is 0. The lowest BCUT2D eigenvalue weighted by Crippen LogP contribution is -2.31. The lowest BCUT2D eigenvalue weighted by molar-refractivity contribution is -0.141. The Kier molecular flexibility index (Phi) is 4.96. The van der Waals surface area contributed by atoms with Gasteiger partial charge in [0.1, 0.15) is 0 Å². The molecule has 2 rings (SSSR count). The van der Waals surface area contributed by atoms with Gasteiger partial charge in [-0.1, -0.05) is 32.0 Å². The molecule has 1 N–H and O–H groups in total. The van der Waals surface area contributed by atoms with E-state index in [2.05, 4.69) is 29.1 Å². The molecule has 0 aliphatic heterocycles. The van der Waals surface area contributed by atoms with E-state index >= 15 is 0 Å². The highest BCUT2D eigenvalue weighted by Gasteiger charge is 2.17. The zero-order valence-electron chi connectivity index (χ0n) is 12.9. The summed E-state index contributed by atoms with van der Waals surface area (Å²) in [7, 11) is 0. The highest BCUT2D eigenvalue weighted by Crippen LogP contribution is 2.20. The van der Waals surface area contributed by atoms with Gasteiger partial charge >= 0.3 is 5.97 Å². The Hall–Kier alpha value is -1.88. The van der Waals surface area contributed by atoms with E-state index in [-0.39, 0.29) is 5.92 Å². The lowest BCUT2D eigenvalue weighted by Gasteiger charge is -2.21. The zero-order chi connectivity index (χ0) is 15.4. The maximum absolute atomic E-state index is 11.0. The Balaban J connectivity index is 2.23. The summed E-state index contributed by atoms with van der Waals surface area (Å²) in [6.45, 7) is 8.73. The zero-order valence-corrected chi connectivity index (χ0v) is 12.9. The van der Waals surface area contributed by atoms with Crippen molar-refractivity contribution in [3.63, 3.8) is 0 Å². The van der Waals surface area contributed by atoms with Gasteiger partial charge in [0.25, 0.3) is 0 Å². The number of aryl methyl sites for hydroxylation is 1. The summed E-state index contributed by atoms with van der Waals surface area (Å²) in [6, 6.07) is 8.19. The van der Waals surface area contributed by atoms with Gasteiger partial charge in [-0.05, 0) is 19.5 Å². The molecule has 1 heterocycles. The van der Waals surface area contributed by atoms with Gasteiger partial charge in [0.05, 0.1) is 17.1 Å². The molecule has 0 bridgehead atoms. The number of aromatic nitrogens is 2. The average molecular weight is 289 g/mol. The van der Waals surface area contributed by atoms with Gasteiger partial charge in [0.15, 0.2) is 0 Å². The molecule has 0 radical (unpaired) electrons. The highest BCUT2D eigenvalue weighted by atomic mass is 16.4. The van der Waals surface area contributed by atoms with E-state index < -0.39 is 5.97 Å². The number of rotatable bonds is 7. The van der Waals surface area contributed by atoms with Gasteiger partial charge in [-0.25, -0.2) is 0 Å². The number of para-hydroxylation sites is 1. The molecule has 1 aromatic carbocycles. The van der Waals surface area contributed by atoms with Crippen molar-refractivity contribution in [3.05, 3.63) is 30.0 Å². The average Bonchev–Trinajstić information content (AvgIpc) is 2.84. The number of benzene rings is 1. The topological polar surface area (TPSA) is 58.4 Å². The molecule has 0 saturated carbocycles. The van der Waals surface area contributed by atoms with Gasteiger partial charge < -0.3 is 5.11 Å². The molecular weight excluding hydrogens is 266 g/mol. The Bertz CT molecular complexity index is 621. The number of aliphatic carboxylic acids is 1. The fraction of sp³-hybridized carbons (Fsp3) is 0.500. The minimum absolute atomic E-state index is 0.371. The van der Waals surface area contributed by atoms with Gasteiger partial charge in [-0.15, -0.1) is 0 Å². The number of fused-ring (bicyclic) bond motifs is 1. The second kappa shape index (κ2) is 6.72. The lowest BCUT2D eigenvalue weighted by atomic mass is 10.1. The predicted octanol–water partition coefficient (Wildman–Crippen LogP) is 2.60.